The average molecular weight is 400 g/mol. The van der Waals surface area contributed by atoms with Crippen LogP contribution >= 0.6 is 15.9 Å². The Balaban J connectivity index is 1.89. The number of nitrogens with zero attached hydrogens (tertiary/aromatic N) is 1. The van der Waals surface area contributed by atoms with Gasteiger partial charge in [0.05, 0.1) is 11.3 Å². The standard InChI is InChI=1S/C19H18BrN3O2/c1-11(2)10-23-16-8-7-12(20)9-14(16)19(18(23)25)21-15-6-4-3-5-13(15)17(24)22-19/h3-9,11,21H,10H2,1-2H3,(H,22,24)/t19-/m1/s1. The van der Waals surface area contributed by atoms with Crippen LogP contribution in [0.4, 0.5) is 11.4 Å². The van der Waals surface area contributed by atoms with Crippen LogP contribution in [0.5, 0.6) is 0 Å². The van der Waals surface area contributed by atoms with Crippen molar-refractivity contribution in [1.82, 2.24) is 5.32 Å². The van der Waals surface area contributed by atoms with Gasteiger partial charge in [0.1, 0.15) is 0 Å². The van der Waals surface area contributed by atoms with E-state index in [9.17, 15) is 9.59 Å². The Kier molecular flexibility index (Phi) is 3.61. The van der Waals surface area contributed by atoms with Gasteiger partial charge < -0.3 is 15.5 Å². The van der Waals surface area contributed by atoms with E-state index in [2.05, 4.69) is 40.4 Å². The Morgan fingerprint density at radius 3 is 2.64 bits per heavy atom. The van der Waals surface area contributed by atoms with E-state index < -0.39 is 5.66 Å². The maximum Gasteiger partial charge on any atom is 0.278 e. The molecule has 2 aromatic carbocycles. The van der Waals surface area contributed by atoms with Crippen LogP contribution in [0.15, 0.2) is 46.9 Å². The maximum atomic E-state index is 13.4. The lowest BCUT2D eigenvalue weighted by Gasteiger charge is -2.36. The van der Waals surface area contributed by atoms with Crippen LogP contribution in [-0.4, -0.2) is 18.4 Å². The van der Waals surface area contributed by atoms with Gasteiger partial charge in [0.2, 0.25) is 5.66 Å². The van der Waals surface area contributed by atoms with E-state index in [0.717, 1.165) is 15.7 Å². The van der Waals surface area contributed by atoms with Crippen LogP contribution in [0.1, 0.15) is 29.8 Å². The van der Waals surface area contributed by atoms with Gasteiger partial charge >= 0.3 is 0 Å². The Morgan fingerprint density at radius 2 is 1.88 bits per heavy atom. The molecule has 0 unspecified atom stereocenters. The van der Waals surface area contributed by atoms with Gasteiger partial charge in [-0.3, -0.25) is 9.59 Å². The summed E-state index contributed by atoms with van der Waals surface area (Å²) < 4.78 is 0.861. The smallest absolute Gasteiger partial charge is 0.278 e. The highest BCUT2D eigenvalue weighted by molar-refractivity contribution is 9.10. The van der Waals surface area contributed by atoms with Crippen molar-refractivity contribution in [3.8, 4) is 0 Å². The fourth-order valence-corrected chi connectivity index (χ4v) is 3.88. The van der Waals surface area contributed by atoms with Crippen molar-refractivity contribution < 1.29 is 9.59 Å². The topological polar surface area (TPSA) is 61.4 Å². The predicted molar refractivity (Wildman–Crippen MR) is 101 cm³/mol. The van der Waals surface area contributed by atoms with Crippen LogP contribution < -0.4 is 15.5 Å². The number of amides is 2. The molecule has 0 radical (unpaired) electrons. The lowest BCUT2D eigenvalue weighted by molar-refractivity contribution is -0.123. The van der Waals surface area contributed by atoms with E-state index >= 15 is 0 Å². The zero-order chi connectivity index (χ0) is 17.8. The number of nitrogens with one attached hydrogen (secondary N) is 2. The quantitative estimate of drug-likeness (QED) is 0.812. The van der Waals surface area contributed by atoms with Crippen molar-refractivity contribution in [2.45, 2.75) is 19.5 Å². The second kappa shape index (κ2) is 5.59. The number of halogens is 1. The first-order valence-corrected chi connectivity index (χ1v) is 9.03. The summed E-state index contributed by atoms with van der Waals surface area (Å²) in [5.74, 6) is -0.0978. The van der Waals surface area contributed by atoms with Gasteiger partial charge in [0.25, 0.3) is 11.8 Å². The fourth-order valence-electron chi connectivity index (χ4n) is 3.52. The Morgan fingerprint density at radius 1 is 1.12 bits per heavy atom. The van der Waals surface area contributed by atoms with Crippen LogP contribution in [0.2, 0.25) is 0 Å². The molecule has 0 aromatic heterocycles. The molecule has 0 fully saturated rings. The molecule has 4 rings (SSSR count). The van der Waals surface area contributed by atoms with Crippen molar-refractivity contribution in [3.05, 3.63) is 58.1 Å². The second-order valence-electron chi connectivity index (χ2n) is 6.85. The van der Waals surface area contributed by atoms with E-state index in [-0.39, 0.29) is 11.8 Å². The first-order valence-electron chi connectivity index (χ1n) is 8.24. The van der Waals surface area contributed by atoms with Crippen LogP contribution in [0.25, 0.3) is 0 Å². The Bertz CT molecular complexity index is 896. The summed E-state index contributed by atoms with van der Waals surface area (Å²) >= 11 is 3.48. The molecule has 25 heavy (non-hydrogen) atoms. The van der Waals surface area contributed by atoms with Crippen LogP contribution in [0.3, 0.4) is 0 Å². The Hall–Kier alpha value is -2.34. The molecule has 5 nitrogen and oxygen atoms in total. The van der Waals surface area contributed by atoms with Gasteiger partial charge in [0, 0.05) is 22.3 Å². The third kappa shape index (κ3) is 2.35. The molecule has 2 N–H and O–H groups in total. The van der Waals surface area contributed by atoms with Gasteiger partial charge in [0.15, 0.2) is 0 Å². The van der Waals surface area contributed by atoms with Gasteiger partial charge in [-0.2, -0.15) is 0 Å². The molecular formula is C19H18BrN3O2. The molecular weight excluding hydrogens is 382 g/mol. The number of para-hydroxylation sites is 1. The third-order valence-electron chi connectivity index (χ3n) is 4.56. The highest BCUT2D eigenvalue weighted by Gasteiger charge is 2.54. The molecule has 2 aromatic rings. The normalized spacial score (nSPS) is 21.2. The molecule has 2 amide bonds. The summed E-state index contributed by atoms with van der Waals surface area (Å²) in [6.07, 6.45) is 0. The molecule has 2 heterocycles. The molecule has 0 aliphatic carbocycles. The van der Waals surface area contributed by atoms with E-state index in [0.29, 0.717) is 23.7 Å². The number of anilines is 2. The minimum Gasteiger partial charge on any atom is -0.350 e. The first-order chi connectivity index (χ1) is 11.9. The van der Waals surface area contributed by atoms with Gasteiger partial charge in [-0.25, -0.2) is 0 Å². The maximum absolute atomic E-state index is 13.4. The minimum absolute atomic E-state index is 0.155. The molecule has 2 aliphatic heterocycles. The lowest BCUT2D eigenvalue weighted by atomic mass is 9.95. The molecule has 0 saturated heterocycles. The lowest BCUT2D eigenvalue weighted by Crippen LogP contribution is -2.60. The largest absolute Gasteiger partial charge is 0.350 e. The molecule has 0 bridgehead atoms. The van der Waals surface area contributed by atoms with Crippen LogP contribution in [0, 0.1) is 5.92 Å². The van der Waals surface area contributed by atoms with Gasteiger partial charge in [-0.15, -0.1) is 0 Å². The van der Waals surface area contributed by atoms with Crippen molar-refractivity contribution in [2.75, 3.05) is 16.8 Å². The minimum atomic E-state index is -1.26. The van der Waals surface area contributed by atoms with E-state index in [4.69, 9.17) is 0 Å². The molecule has 6 heteroatoms. The summed E-state index contributed by atoms with van der Waals surface area (Å²) in [6.45, 7) is 4.73. The summed E-state index contributed by atoms with van der Waals surface area (Å²) in [5.41, 5.74) is 1.53. The summed E-state index contributed by atoms with van der Waals surface area (Å²) in [4.78, 5) is 27.8. The Labute approximate surface area is 154 Å². The molecule has 0 saturated carbocycles. The molecule has 1 atom stereocenters. The van der Waals surface area contributed by atoms with Crippen molar-refractivity contribution in [1.29, 1.82) is 0 Å². The first kappa shape index (κ1) is 16.1. The second-order valence-corrected chi connectivity index (χ2v) is 7.76. The fraction of sp³-hybridized carbons (Fsp3) is 0.263. The zero-order valence-corrected chi connectivity index (χ0v) is 15.6. The zero-order valence-electron chi connectivity index (χ0n) is 14.0. The van der Waals surface area contributed by atoms with Crippen molar-refractivity contribution in [3.63, 3.8) is 0 Å². The van der Waals surface area contributed by atoms with E-state index in [1.54, 1.807) is 11.0 Å². The SMILES string of the molecule is CC(C)CN1C(=O)[C@]2(NC(=O)c3ccccc3N2)c2cc(Br)ccc21. The number of hydrogen-bond acceptors (Lipinski definition) is 3. The number of carbonyl (C=O) groups is 2. The molecule has 2 aliphatic rings. The van der Waals surface area contributed by atoms with Crippen molar-refractivity contribution >= 4 is 39.1 Å². The van der Waals surface area contributed by atoms with E-state index in [1.165, 1.54) is 0 Å². The van der Waals surface area contributed by atoms with E-state index in [1.807, 2.05) is 36.4 Å². The third-order valence-corrected chi connectivity index (χ3v) is 5.06. The number of carbonyl (C=O) groups excluding carboxylic acids is 2. The number of fused-ring (bicyclic) bond motifs is 3. The summed E-state index contributed by atoms with van der Waals surface area (Å²) in [6, 6.07) is 13.0. The highest BCUT2D eigenvalue weighted by atomic mass is 79.9. The monoisotopic (exact) mass is 399 g/mol. The van der Waals surface area contributed by atoms with Crippen molar-refractivity contribution in [2.24, 2.45) is 5.92 Å². The van der Waals surface area contributed by atoms with Gasteiger partial charge in [-0.1, -0.05) is 41.9 Å². The highest BCUT2D eigenvalue weighted by Crippen LogP contribution is 2.44. The number of rotatable bonds is 2. The predicted octanol–water partition coefficient (Wildman–Crippen LogP) is 3.46. The number of benzene rings is 2. The number of hydrogen-bond donors (Lipinski definition) is 2. The summed E-state index contributed by atoms with van der Waals surface area (Å²) in [5, 5.41) is 6.22. The molecule has 128 valence electrons. The van der Waals surface area contributed by atoms with Gasteiger partial charge in [-0.05, 0) is 36.2 Å². The summed E-state index contributed by atoms with van der Waals surface area (Å²) in [7, 11) is 0. The van der Waals surface area contributed by atoms with Crippen LogP contribution in [-0.2, 0) is 10.5 Å². The molecule has 1 spiro atoms. The average Bonchev–Trinajstić information content (AvgIpc) is 2.77.